The Labute approximate surface area is 197 Å². The van der Waals surface area contributed by atoms with E-state index in [4.69, 9.17) is 10.5 Å². The molecule has 176 valence electrons. The van der Waals surface area contributed by atoms with Crippen molar-refractivity contribution >= 4 is 32.6 Å². The van der Waals surface area contributed by atoms with Crippen LogP contribution < -0.4 is 20.8 Å². The number of rotatable bonds is 7. The molecule has 4 aromatic rings. The number of methoxy groups -OCH3 is 1. The zero-order valence-corrected chi connectivity index (χ0v) is 19.8. The van der Waals surface area contributed by atoms with Crippen molar-refractivity contribution in [2.24, 2.45) is 5.92 Å². The molecule has 0 atom stereocenters. The smallest absolute Gasteiger partial charge is 0.267 e. The summed E-state index contributed by atoms with van der Waals surface area (Å²) in [4.78, 5) is 21.9. The number of hydrogen-bond donors (Lipinski definition) is 2. The zero-order chi connectivity index (χ0) is 24.5. The second kappa shape index (κ2) is 9.14. The van der Waals surface area contributed by atoms with Crippen molar-refractivity contribution in [3.63, 3.8) is 0 Å². The summed E-state index contributed by atoms with van der Waals surface area (Å²) >= 11 is 0. The van der Waals surface area contributed by atoms with Crippen LogP contribution in [0.15, 0.2) is 65.6 Å². The standard InChI is InChI=1S/C24H25N5O4S/c1-15(2)14-34(31,32)28-21-12-17(13-26-22(21)33-3)16-9-10-20-19(11-16)23(30)29(24(25)27-20)18-7-5-4-6-8-18/h4-13,15,28H,14H2,1-3H3,(H2,25,27). The van der Waals surface area contributed by atoms with Gasteiger partial charge in [0, 0.05) is 11.8 Å². The van der Waals surface area contributed by atoms with Crippen LogP contribution >= 0.6 is 0 Å². The first-order valence-corrected chi connectivity index (χ1v) is 12.3. The molecule has 0 bridgehead atoms. The van der Waals surface area contributed by atoms with Gasteiger partial charge in [0.1, 0.15) is 5.69 Å². The molecule has 4 rings (SSSR count). The maximum atomic E-state index is 13.3. The molecule has 10 heteroatoms. The van der Waals surface area contributed by atoms with E-state index in [2.05, 4.69) is 14.7 Å². The van der Waals surface area contributed by atoms with Crippen molar-refractivity contribution in [3.05, 3.63) is 71.1 Å². The fourth-order valence-electron chi connectivity index (χ4n) is 3.70. The van der Waals surface area contributed by atoms with E-state index < -0.39 is 10.0 Å². The topological polar surface area (TPSA) is 129 Å². The molecular weight excluding hydrogens is 454 g/mol. The molecule has 0 saturated heterocycles. The maximum Gasteiger partial charge on any atom is 0.267 e. The lowest BCUT2D eigenvalue weighted by Crippen LogP contribution is -2.23. The average Bonchev–Trinajstić information content (AvgIpc) is 2.78. The largest absolute Gasteiger partial charge is 0.480 e. The number of aromatic nitrogens is 3. The molecule has 34 heavy (non-hydrogen) atoms. The van der Waals surface area contributed by atoms with Crippen LogP contribution in [0.2, 0.25) is 0 Å². The number of nitrogens with two attached hydrogens (primary N) is 1. The van der Waals surface area contributed by atoms with E-state index in [1.165, 1.54) is 11.7 Å². The lowest BCUT2D eigenvalue weighted by molar-refractivity contribution is 0.400. The fourth-order valence-corrected chi connectivity index (χ4v) is 5.15. The normalized spacial score (nSPS) is 11.6. The van der Waals surface area contributed by atoms with Gasteiger partial charge in [0.25, 0.3) is 5.56 Å². The van der Waals surface area contributed by atoms with Gasteiger partial charge in [-0.1, -0.05) is 38.1 Å². The van der Waals surface area contributed by atoms with Crippen LogP contribution in [-0.2, 0) is 10.0 Å². The molecule has 0 radical (unpaired) electrons. The monoisotopic (exact) mass is 479 g/mol. The number of para-hydroxylation sites is 1. The van der Waals surface area contributed by atoms with Gasteiger partial charge in [-0.15, -0.1) is 0 Å². The van der Waals surface area contributed by atoms with Gasteiger partial charge < -0.3 is 10.5 Å². The van der Waals surface area contributed by atoms with Gasteiger partial charge >= 0.3 is 0 Å². The predicted octanol–water partition coefficient (Wildman–Crippen LogP) is 3.44. The summed E-state index contributed by atoms with van der Waals surface area (Å²) < 4.78 is 34.1. The van der Waals surface area contributed by atoms with E-state index in [1.807, 2.05) is 32.0 Å². The Hall–Kier alpha value is -3.92. The van der Waals surface area contributed by atoms with Crippen LogP contribution in [0.3, 0.4) is 0 Å². The minimum absolute atomic E-state index is 0.0392. The minimum Gasteiger partial charge on any atom is -0.480 e. The van der Waals surface area contributed by atoms with Crippen LogP contribution in [-0.4, -0.2) is 35.8 Å². The van der Waals surface area contributed by atoms with E-state index >= 15 is 0 Å². The Morgan fingerprint density at radius 3 is 2.50 bits per heavy atom. The molecule has 3 N–H and O–H groups in total. The molecule has 2 heterocycles. The second-order valence-electron chi connectivity index (χ2n) is 8.24. The number of nitrogens with zero attached hydrogens (tertiary/aromatic N) is 3. The third-order valence-electron chi connectivity index (χ3n) is 5.10. The average molecular weight is 480 g/mol. The highest BCUT2D eigenvalue weighted by atomic mass is 32.2. The third-order valence-corrected chi connectivity index (χ3v) is 6.74. The molecule has 9 nitrogen and oxygen atoms in total. The number of ether oxygens (including phenoxy) is 1. The lowest BCUT2D eigenvalue weighted by atomic mass is 10.0. The zero-order valence-electron chi connectivity index (χ0n) is 19.0. The summed E-state index contributed by atoms with van der Waals surface area (Å²) in [5.74, 6) is 0.150. The van der Waals surface area contributed by atoms with Crippen LogP contribution in [0.25, 0.3) is 27.7 Å². The number of nitrogen functional groups attached to an aromatic ring is 1. The first kappa shape index (κ1) is 23.2. The summed E-state index contributed by atoms with van der Waals surface area (Å²) in [6.45, 7) is 3.65. The summed E-state index contributed by atoms with van der Waals surface area (Å²) in [6, 6.07) is 15.8. The highest BCUT2D eigenvalue weighted by Crippen LogP contribution is 2.30. The number of pyridine rings is 1. The van der Waals surface area contributed by atoms with Gasteiger partial charge in [0.05, 0.1) is 29.5 Å². The van der Waals surface area contributed by atoms with Gasteiger partial charge in [-0.05, 0) is 41.8 Å². The Morgan fingerprint density at radius 1 is 1.09 bits per heavy atom. The summed E-state index contributed by atoms with van der Waals surface area (Å²) in [5.41, 5.74) is 8.32. The molecule has 2 aromatic carbocycles. The number of benzene rings is 2. The van der Waals surface area contributed by atoms with E-state index in [0.29, 0.717) is 27.7 Å². The van der Waals surface area contributed by atoms with Crippen LogP contribution in [0, 0.1) is 5.92 Å². The molecular formula is C24H25N5O4S. The van der Waals surface area contributed by atoms with Crippen molar-refractivity contribution in [2.45, 2.75) is 13.8 Å². The highest BCUT2D eigenvalue weighted by molar-refractivity contribution is 7.92. The third kappa shape index (κ3) is 4.72. The molecule has 0 amide bonds. The van der Waals surface area contributed by atoms with Crippen molar-refractivity contribution < 1.29 is 13.2 Å². The summed E-state index contributed by atoms with van der Waals surface area (Å²) in [6.07, 6.45) is 1.56. The molecule has 0 aliphatic heterocycles. The molecule has 0 aliphatic rings. The highest BCUT2D eigenvalue weighted by Gasteiger charge is 2.18. The van der Waals surface area contributed by atoms with Crippen LogP contribution in [0.1, 0.15) is 13.8 Å². The number of fused-ring (bicyclic) bond motifs is 1. The molecule has 0 spiro atoms. The van der Waals surface area contributed by atoms with E-state index in [9.17, 15) is 13.2 Å². The molecule has 0 aliphatic carbocycles. The number of hydrogen-bond acceptors (Lipinski definition) is 7. The Balaban J connectivity index is 1.82. The van der Waals surface area contributed by atoms with E-state index in [0.717, 1.165) is 0 Å². The molecule has 0 saturated carbocycles. The Bertz CT molecular complexity index is 1520. The lowest BCUT2D eigenvalue weighted by Gasteiger charge is -2.14. The van der Waals surface area contributed by atoms with Crippen molar-refractivity contribution in [2.75, 3.05) is 23.3 Å². The van der Waals surface area contributed by atoms with Crippen LogP contribution in [0.5, 0.6) is 5.88 Å². The van der Waals surface area contributed by atoms with Crippen molar-refractivity contribution in [1.82, 2.24) is 14.5 Å². The molecule has 2 aromatic heterocycles. The number of anilines is 2. The van der Waals surface area contributed by atoms with Crippen LogP contribution in [0.4, 0.5) is 11.6 Å². The predicted molar refractivity (Wildman–Crippen MR) is 134 cm³/mol. The number of sulfonamides is 1. The van der Waals surface area contributed by atoms with E-state index in [-0.39, 0.29) is 34.7 Å². The Kier molecular flexibility index (Phi) is 6.25. The molecule has 0 fully saturated rings. The fraction of sp³-hybridized carbons (Fsp3) is 0.208. The first-order chi connectivity index (χ1) is 16.2. The molecule has 0 unspecified atom stereocenters. The van der Waals surface area contributed by atoms with Crippen molar-refractivity contribution in [3.8, 4) is 22.7 Å². The number of nitrogens with one attached hydrogen (secondary N) is 1. The second-order valence-corrected chi connectivity index (χ2v) is 10.0. The SMILES string of the molecule is COc1ncc(-c2ccc3nc(N)n(-c4ccccc4)c(=O)c3c2)cc1NS(=O)(=O)CC(C)C. The van der Waals surface area contributed by atoms with Gasteiger partial charge in [0.2, 0.25) is 21.9 Å². The van der Waals surface area contributed by atoms with Gasteiger partial charge in [-0.3, -0.25) is 9.52 Å². The Morgan fingerprint density at radius 2 is 1.82 bits per heavy atom. The first-order valence-electron chi connectivity index (χ1n) is 10.6. The quantitative estimate of drug-likeness (QED) is 0.415. The maximum absolute atomic E-state index is 13.3. The summed E-state index contributed by atoms with van der Waals surface area (Å²) in [5, 5.41) is 0.369. The van der Waals surface area contributed by atoms with Crippen molar-refractivity contribution in [1.29, 1.82) is 0 Å². The van der Waals surface area contributed by atoms with Gasteiger partial charge in [-0.2, -0.15) is 0 Å². The summed E-state index contributed by atoms with van der Waals surface area (Å²) in [7, 11) is -2.18. The van der Waals surface area contributed by atoms with Gasteiger partial charge in [0.15, 0.2) is 0 Å². The minimum atomic E-state index is -3.60. The van der Waals surface area contributed by atoms with E-state index in [1.54, 1.807) is 42.6 Å². The van der Waals surface area contributed by atoms with Gasteiger partial charge in [-0.25, -0.2) is 23.0 Å².